The van der Waals surface area contributed by atoms with E-state index in [1.54, 1.807) is 10.8 Å². The van der Waals surface area contributed by atoms with Crippen molar-refractivity contribution in [3.8, 4) is 0 Å². The predicted molar refractivity (Wildman–Crippen MR) is 74.1 cm³/mol. The molecular formula is C11H13BrN4O4. The highest BCUT2D eigenvalue weighted by molar-refractivity contribution is 9.10. The van der Waals surface area contributed by atoms with Crippen molar-refractivity contribution in [2.45, 2.75) is 24.9 Å². The summed E-state index contributed by atoms with van der Waals surface area (Å²) in [7, 11) is 0. The van der Waals surface area contributed by atoms with Gasteiger partial charge in [-0.05, 0) is 15.9 Å². The van der Waals surface area contributed by atoms with Crippen LogP contribution in [0.3, 0.4) is 0 Å². The number of aromatic nitrogens is 3. The molecule has 9 heteroatoms. The predicted octanol–water partition coefficient (Wildman–Crippen LogP) is -0.290. The summed E-state index contributed by atoms with van der Waals surface area (Å²) in [5, 5.41) is 25.4. The zero-order valence-corrected chi connectivity index (χ0v) is 11.9. The minimum absolute atomic E-state index is 0.197. The molecule has 2 aromatic rings. The van der Waals surface area contributed by atoms with Crippen molar-refractivity contribution in [3.05, 3.63) is 21.0 Å². The zero-order chi connectivity index (χ0) is 14.4. The molecule has 1 saturated heterocycles. The van der Waals surface area contributed by atoms with Crippen molar-refractivity contribution in [1.82, 2.24) is 14.8 Å². The molecule has 3 unspecified atom stereocenters. The van der Waals surface area contributed by atoms with Gasteiger partial charge < -0.3 is 25.3 Å². The number of nitrogen functional groups attached to an aromatic ring is 1. The van der Waals surface area contributed by atoms with Gasteiger partial charge in [-0.2, -0.15) is 5.10 Å². The minimum atomic E-state index is -0.778. The molecular weight excluding hydrogens is 332 g/mol. The fourth-order valence-electron chi connectivity index (χ4n) is 2.47. The van der Waals surface area contributed by atoms with Crippen LogP contribution in [0.25, 0.3) is 10.9 Å². The van der Waals surface area contributed by atoms with Gasteiger partial charge in [0.05, 0.1) is 18.1 Å². The zero-order valence-electron chi connectivity index (χ0n) is 10.3. The van der Waals surface area contributed by atoms with E-state index >= 15 is 0 Å². The second kappa shape index (κ2) is 4.85. The Morgan fingerprint density at radius 2 is 2.40 bits per heavy atom. The lowest BCUT2D eigenvalue weighted by Gasteiger charge is -2.14. The number of nitrogens with one attached hydrogen (secondary N) is 1. The van der Waals surface area contributed by atoms with Crippen molar-refractivity contribution < 1.29 is 14.9 Å². The van der Waals surface area contributed by atoms with Crippen LogP contribution in [0.2, 0.25) is 0 Å². The highest BCUT2D eigenvalue weighted by Crippen LogP contribution is 2.35. The van der Waals surface area contributed by atoms with Gasteiger partial charge in [-0.15, -0.1) is 0 Å². The van der Waals surface area contributed by atoms with Gasteiger partial charge in [-0.1, -0.05) is 0 Å². The van der Waals surface area contributed by atoms with Crippen molar-refractivity contribution in [2.24, 2.45) is 0 Å². The molecule has 108 valence electrons. The molecule has 5 N–H and O–H groups in total. The van der Waals surface area contributed by atoms with Crippen molar-refractivity contribution in [1.29, 1.82) is 0 Å². The van der Waals surface area contributed by atoms with Gasteiger partial charge in [-0.3, -0.25) is 4.79 Å². The summed E-state index contributed by atoms with van der Waals surface area (Å²) < 4.78 is 7.77. The van der Waals surface area contributed by atoms with Crippen LogP contribution in [0.15, 0.2) is 15.5 Å². The lowest BCUT2D eigenvalue weighted by molar-refractivity contribution is -0.0429. The van der Waals surface area contributed by atoms with E-state index in [-0.39, 0.29) is 18.8 Å². The Bertz CT molecular complexity index is 712. The number of halogens is 1. The van der Waals surface area contributed by atoms with Gasteiger partial charge in [0.1, 0.15) is 17.8 Å². The Labute approximate surface area is 121 Å². The highest BCUT2D eigenvalue weighted by Gasteiger charge is 2.35. The number of fused-ring (bicyclic) bond motifs is 1. The van der Waals surface area contributed by atoms with Crippen LogP contribution in [-0.4, -0.2) is 43.8 Å². The van der Waals surface area contributed by atoms with E-state index in [9.17, 15) is 9.90 Å². The van der Waals surface area contributed by atoms with Crippen LogP contribution in [0.5, 0.6) is 0 Å². The molecule has 2 aromatic heterocycles. The number of nitrogens with two attached hydrogens (primary N) is 1. The van der Waals surface area contributed by atoms with Crippen LogP contribution < -0.4 is 11.3 Å². The maximum absolute atomic E-state index is 12.0. The topological polar surface area (TPSA) is 126 Å². The number of hydrogen-bond donors (Lipinski definition) is 4. The van der Waals surface area contributed by atoms with Crippen LogP contribution >= 0.6 is 15.9 Å². The third-order valence-electron chi connectivity index (χ3n) is 3.43. The first kappa shape index (κ1) is 13.6. The van der Waals surface area contributed by atoms with E-state index in [0.717, 1.165) is 0 Å². The Balaban J connectivity index is 2.14. The normalized spacial score (nSPS) is 26.4. The van der Waals surface area contributed by atoms with E-state index in [4.69, 9.17) is 15.6 Å². The maximum Gasteiger partial charge on any atom is 0.288 e. The van der Waals surface area contributed by atoms with Crippen molar-refractivity contribution in [3.63, 3.8) is 0 Å². The lowest BCUT2D eigenvalue weighted by atomic mass is 10.2. The number of aromatic amines is 1. The monoisotopic (exact) mass is 344 g/mol. The van der Waals surface area contributed by atoms with Gasteiger partial charge in [0.25, 0.3) is 5.56 Å². The molecule has 0 aliphatic carbocycles. The van der Waals surface area contributed by atoms with Crippen molar-refractivity contribution >= 4 is 32.7 Å². The summed E-state index contributed by atoms with van der Waals surface area (Å²) in [5.74, 6) is 0.197. The second-order valence-corrected chi connectivity index (χ2v) is 5.52. The Kier molecular flexibility index (Phi) is 3.28. The number of H-pyrrole nitrogens is 1. The molecule has 1 aliphatic heterocycles. The van der Waals surface area contributed by atoms with E-state index < -0.39 is 24.0 Å². The fourth-order valence-corrected chi connectivity index (χ4v) is 3.08. The first-order valence-electron chi connectivity index (χ1n) is 6.01. The van der Waals surface area contributed by atoms with Gasteiger partial charge in [0, 0.05) is 17.1 Å². The summed E-state index contributed by atoms with van der Waals surface area (Å²) in [4.78, 5) is 12.0. The summed E-state index contributed by atoms with van der Waals surface area (Å²) in [6, 6.07) is 0. The fraction of sp³-hybridized carbons (Fsp3) is 0.455. The first-order chi connectivity index (χ1) is 9.52. The molecule has 0 aromatic carbocycles. The third-order valence-corrected chi connectivity index (χ3v) is 4.03. The Hall–Kier alpha value is -1.42. The van der Waals surface area contributed by atoms with E-state index in [1.165, 1.54) is 0 Å². The van der Waals surface area contributed by atoms with Gasteiger partial charge in [-0.25, -0.2) is 5.10 Å². The summed E-state index contributed by atoms with van der Waals surface area (Å²) >= 11 is 3.34. The molecule has 3 rings (SSSR count). The molecule has 20 heavy (non-hydrogen) atoms. The van der Waals surface area contributed by atoms with Crippen LogP contribution in [-0.2, 0) is 4.74 Å². The number of ether oxygens (including phenoxy) is 1. The third kappa shape index (κ3) is 1.94. The van der Waals surface area contributed by atoms with Crippen LogP contribution in [0, 0.1) is 0 Å². The number of aliphatic hydroxyl groups is 2. The summed E-state index contributed by atoms with van der Waals surface area (Å²) in [6.45, 7) is -0.280. The molecule has 1 fully saturated rings. The SMILES string of the molecule is Nc1n[nH]c(=O)c2c1c(Br)cn2C1CC(O)C(CO)O1. The minimum Gasteiger partial charge on any atom is -0.394 e. The smallest absolute Gasteiger partial charge is 0.288 e. The van der Waals surface area contributed by atoms with E-state index in [2.05, 4.69) is 26.1 Å². The summed E-state index contributed by atoms with van der Waals surface area (Å²) in [6.07, 6.45) is -0.0362. The summed E-state index contributed by atoms with van der Waals surface area (Å²) in [5.41, 5.74) is 5.69. The number of hydrogen-bond acceptors (Lipinski definition) is 6. The molecule has 0 saturated carbocycles. The number of rotatable bonds is 2. The van der Waals surface area contributed by atoms with Crippen molar-refractivity contribution in [2.75, 3.05) is 12.3 Å². The molecule has 0 radical (unpaired) electrons. The largest absolute Gasteiger partial charge is 0.394 e. The molecule has 3 atom stereocenters. The molecule has 3 heterocycles. The Morgan fingerprint density at radius 3 is 3.05 bits per heavy atom. The number of nitrogens with zero attached hydrogens (tertiary/aromatic N) is 2. The van der Waals surface area contributed by atoms with E-state index in [1.807, 2.05) is 0 Å². The molecule has 1 aliphatic rings. The molecule has 8 nitrogen and oxygen atoms in total. The average Bonchev–Trinajstić information content (AvgIpc) is 2.95. The van der Waals surface area contributed by atoms with Gasteiger partial charge >= 0.3 is 0 Å². The molecule has 0 bridgehead atoms. The molecule has 0 spiro atoms. The van der Waals surface area contributed by atoms with E-state index in [0.29, 0.717) is 15.4 Å². The van der Waals surface area contributed by atoms with Crippen LogP contribution in [0.4, 0.5) is 5.82 Å². The second-order valence-electron chi connectivity index (χ2n) is 4.66. The van der Waals surface area contributed by atoms with Crippen LogP contribution in [0.1, 0.15) is 12.6 Å². The number of aliphatic hydroxyl groups excluding tert-OH is 2. The lowest BCUT2D eigenvalue weighted by Crippen LogP contribution is -2.24. The quantitative estimate of drug-likeness (QED) is 0.593. The standard InChI is InChI=1S/C11H13BrN4O4/c12-4-2-16(7-1-5(18)6(3-17)20-7)9-8(4)10(13)14-15-11(9)19/h2,5-7,17-18H,1,3H2,(H2,13,14)(H,15,19). The number of anilines is 1. The Morgan fingerprint density at radius 1 is 1.65 bits per heavy atom. The van der Waals surface area contributed by atoms with Gasteiger partial charge in [0.2, 0.25) is 0 Å². The van der Waals surface area contributed by atoms with Gasteiger partial charge in [0.15, 0.2) is 5.82 Å². The maximum atomic E-state index is 12.0. The molecule has 0 amide bonds. The average molecular weight is 345 g/mol. The highest BCUT2D eigenvalue weighted by atomic mass is 79.9. The first-order valence-corrected chi connectivity index (χ1v) is 6.80.